The summed E-state index contributed by atoms with van der Waals surface area (Å²) in [6.07, 6.45) is 1.86. The lowest BCUT2D eigenvalue weighted by atomic mass is 9.97. The number of methoxy groups -OCH3 is 2. The molecule has 0 fully saturated rings. The Hall–Kier alpha value is -3.74. The van der Waals surface area contributed by atoms with Gasteiger partial charge in [0.1, 0.15) is 11.5 Å². The molecule has 2 aromatic carbocycles. The predicted octanol–water partition coefficient (Wildman–Crippen LogP) is 4.32. The fourth-order valence-corrected chi connectivity index (χ4v) is 3.96. The third-order valence-corrected chi connectivity index (χ3v) is 5.42. The highest BCUT2D eigenvalue weighted by Gasteiger charge is 2.42. The lowest BCUT2D eigenvalue weighted by Gasteiger charge is -2.38. The average molecular weight is 404 g/mol. The zero-order valence-corrected chi connectivity index (χ0v) is 16.6. The van der Waals surface area contributed by atoms with Crippen LogP contribution in [0.4, 0.5) is 0 Å². The second kappa shape index (κ2) is 7.26. The summed E-state index contributed by atoms with van der Waals surface area (Å²) in [6, 6.07) is 16.8. The van der Waals surface area contributed by atoms with Gasteiger partial charge >= 0.3 is 5.97 Å². The van der Waals surface area contributed by atoms with Crippen molar-refractivity contribution < 1.29 is 23.4 Å². The molecule has 2 aliphatic heterocycles. The molecule has 2 aliphatic rings. The Labute approximate surface area is 173 Å². The summed E-state index contributed by atoms with van der Waals surface area (Å²) in [5.41, 5.74) is 3.23. The maximum Gasteiger partial charge on any atom is 0.337 e. The highest BCUT2D eigenvalue weighted by atomic mass is 16.5. The molecule has 0 saturated carbocycles. The Balaban J connectivity index is 1.58. The number of carbonyl (C=O) groups excluding carboxylic acids is 1. The number of furan rings is 1. The van der Waals surface area contributed by atoms with Crippen LogP contribution in [0.1, 0.15) is 45.9 Å². The van der Waals surface area contributed by atoms with E-state index in [1.54, 1.807) is 25.5 Å². The molecular formula is C23H20N2O5. The molecular weight excluding hydrogens is 384 g/mol. The minimum absolute atomic E-state index is 0.0192. The largest absolute Gasteiger partial charge is 0.493 e. The van der Waals surface area contributed by atoms with Crippen LogP contribution in [-0.2, 0) is 4.74 Å². The van der Waals surface area contributed by atoms with E-state index in [-0.39, 0.29) is 12.0 Å². The van der Waals surface area contributed by atoms with Gasteiger partial charge in [0.15, 0.2) is 11.5 Å². The fraction of sp³-hybridized carbons (Fsp3) is 0.217. The molecule has 2 unspecified atom stereocenters. The number of rotatable bonds is 4. The zero-order chi connectivity index (χ0) is 20.7. The zero-order valence-electron chi connectivity index (χ0n) is 16.6. The van der Waals surface area contributed by atoms with Crippen molar-refractivity contribution >= 4 is 11.7 Å². The van der Waals surface area contributed by atoms with Gasteiger partial charge < -0.3 is 18.6 Å². The number of carbonyl (C=O) groups is 1. The van der Waals surface area contributed by atoms with Gasteiger partial charge in [-0.3, -0.25) is 0 Å². The summed E-state index contributed by atoms with van der Waals surface area (Å²) >= 11 is 0. The highest BCUT2D eigenvalue weighted by molar-refractivity contribution is 5.99. The number of para-hydroxylation sites is 1. The first-order valence-corrected chi connectivity index (χ1v) is 9.61. The summed E-state index contributed by atoms with van der Waals surface area (Å²) in [5, 5.41) is 6.79. The van der Waals surface area contributed by atoms with Crippen molar-refractivity contribution in [2.24, 2.45) is 5.10 Å². The number of ether oxygens (including phenoxy) is 3. The van der Waals surface area contributed by atoms with E-state index in [0.29, 0.717) is 23.5 Å². The molecule has 1 aromatic heterocycles. The Bertz CT molecular complexity index is 1110. The van der Waals surface area contributed by atoms with Crippen LogP contribution >= 0.6 is 0 Å². The van der Waals surface area contributed by atoms with Crippen LogP contribution in [-0.4, -0.2) is 30.9 Å². The normalized spacial score (nSPS) is 19.4. The van der Waals surface area contributed by atoms with Crippen molar-refractivity contribution in [3.8, 4) is 11.5 Å². The van der Waals surface area contributed by atoms with Gasteiger partial charge in [-0.15, -0.1) is 0 Å². The van der Waals surface area contributed by atoms with E-state index in [1.165, 1.54) is 7.11 Å². The molecule has 152 valence electrons. The molecule has 0 spiro atoms. The quantitative estimate of drug-likeness (QED) is 0.603. The van der Waals surface area contributed by atoms with E-state index in [9.17, 15) is 4.79 Å². The molecule has 7 heteroatoms. The summed E-state index contributed by atoms with van der Waals surface area (Å²) in [6.45, 7) is 0. The van der Waals surface area contributed by atoms with Gasteiger partial charge in [-0.1, -0.05) is 24.3 Å². The Morgan fingerprint density at radius 3 is 2.63 bits per heavy atom. The van der Waals surface area contributed by atoms with Gasteiger partial charge in [0.05, 0.1) is 32.1 Å². The standard InChI is InChI=1S/C23H20N2O5/c1-27-20-6-3-5-16-18-13-17(19-7-4-12-29-19)24-25(18)22(30-21(16)20)14-8-10-15(11-9-14)23(26)28-2/h3-12,18,22H,13H2,1-2H3. The molecule has 7 nitrogen and oxygen atoms in total. The highest BCUT2D eigenvalue weighted by Crippen LogP contribution is 2.50. The molecule has 5 rings (SSSR count). The van der Waals surface area contributed by atoms with Crippen molar-refractivity contribution in [3.63, 3.8) is 0 Å². The van der Waals surface area contributed by atoms with Crippen LogP contribution in [0.5, 0.6) is 11.5 Å². The smallest absolute Gasteiger partial charge is 0.337 e. The first-order valence-electron chi connectivity index (χ1n) is 9.61. The first-order chi connectivity index (χ1) is 14.7. The molecule has 3 aromatic rings. The summed E-state index contributed by atoms with van der Waals surface area (Å²) in [7, 11) is 2.99. The number of esters is 1. The molecule has 0 saturated heterocycles. The van der Waals surface area contributed by atoms with Crippen LogP contribution in [0.25, 0.3) is 0 Å². The molecule has 2 atom stereocenters. The topological polar surface area (TPSA) is 73.5 Å². The van der Waals surface area contributed by atoms with Gasteiger partial charge in [-0.25, -0.2) is 9.80 Å². The molecule has 0 amide bonds. The summed E-state index contributed by atoms with van der Waals surface area (Å²) in [4.78, 5) is 11.8. The molecule has 0 radical (unpaired) electrons. The molecule has 0 N–H and O–H groups in total. The van der Waals surface area contributed by atoms with Crippen LogP contribution in [0.2, 0.25) is 0 Å². The van der Waals surface area contributed by atoms with Crippen molar-refractivity contribution in [2.75, 3.05) is 14.2 Å². The molecule has 30 heavy (non-hydrogen) atoms. The lowest BCUT2D eigenvalue weighted by molar-refractivity contribution is -0.0209. The van der Waals surface area contributed by atoms with E-state index in [4.69, 9.17) is 23.7 Å². The molecule has 0 aliphatic carbocycles. The number of hydrogen-bond donors (Lipinski definition) is 0. The van der Waals surface area contributed by atoms with Crippen molar-refractivity contribution in [3.05, 3.63) is 83.3 Å². The minimum Gasteiger partial charge on any atom is -0.493 e. The van der Waals surface area contributed by atoms with Gasteiger partial charge in [0, 0.05) is 17.5 Å². The first kappa shape index (κ1) is 18.3. The van der Waals surface area contributed by atoms with E-state index >= 15 is 0 Å². The van der Waals surface area contributed by atoms with Gasteiger partial charge in [0.2, 0.25) is 6.23 Å². The third kappa shape index (κ3) is 2.90. The van der Waals surface area contributed by atoms with E-state index in [0.717, 1.165) is 22.6 Å². The maximum atomic E-state index is 11.8. The lowest BCUT2D eigenvalue weighted by Crippen LogP contribution is -2.33. The minimum atomic E-state index is -0.474. The average Bonchev–Trinajstić information content (AvgIpc) is 3.47. The van der Waals surface area contributed by atoms with Crippen molar-refractivity contribution in [1.29, 1.82) is 0 Å². The number of hydrogen-bond acceptors (Lipinski definition) is 7. The van der Waals surface area contributed by atoms with Crippen LogP contribution in [0.15, 0.2) is 70.4 Å². The molecule has 0 bridgehead atoms. The number of fused-ring (bicyclic) bond motifs is 3. The van der Waals surface area contributed by atoms with Gasteiger partial charge in [-0.05, 0) is 30.3 Å². The predicted molar refractivity (Wildman–Crippen MR) is 109 cm³/mol. The van der Waals surface area contributed by atoms with Crippen LogP contribution < -0.4 is 9.47 Å². The number of nitrogens with zero attached hydrogens (tertiary/aromatic N) is 2. The van der Waals surface area contributed by atoms with E-state index < -0.39 is 6.23 Å². The number of benzene rings is 2. The second-order valence-corrected chi connectivity index (χ2v) is 7.09. The van der Waals surface area contributed by atoms with Crippen molar-refractivity contribution in [1.82, 2.24) is 5.01 Å². The van der Waals surface area contributed by atoms with Crippen LogP contribution in [0, 0.1) is 0 Å². The second-order valence-electron chi connectivity index (χ2n) is 7.09. The van der Waals surface area contributed by atoms with Gasteiger partial charge in [-0.2, -0.15) is 5.10 Å². The molecule has 3 heterocycles. The maximum absolute atomic E-state index is 11.8. The van der Waals surface area contributed by atoms with E-state index in [2.05, 4.69) is 0 Å². The fourth-order valence-electron chi connectivity index (χ4n) is 3.96. The van der Waals surface area contributed by atoms with Gasteiger partial charge in [0.25, 0.3) is 0 Å². The van der Waals surface area contributed by atoms with E-state index in [1.807, 2.05) is 47.5 Å². The Kier molecular flexibility index (Phi) is 4.43. The summed E-state index contributed by atoms with van der Waals surface area (Å²) in [5.74, 6) is 1.75. The van der Waals surface area contributed by atoms with Crippen molar-refractivity contribution in [2.45, 2.75) is 18.7 Å². The Morgan fingerprint density at radius 1 is 1.10 bits per heavy atom. The number of hydrazone groups is 1. The third-order valence-electron chi connectivity index (χ3n) is 5.42. The van der Waals surface area contributed by atoms with Crippen LogP contribution in [0.3, 0.4) is 0 Å². The SMILES string of the molecule is COC(=O)c1ccc(C2Oc3c(OC)cccc3C3CC(c4ccco4)=NN32)cc1. The summed E-state index contributed by atoms with van der Waals surface area (Å²) < 4.78 is 22.3. The monoisotopic (exact) mass is 404 g/mol. The Morgan fingerprint density at radius 2 is 1.93 bits per heavy atom.